The van der Waals surface area contributed by atoms with Gasteiger partial charge in [-0.25, -0.2) is 0 Å². The Bertz CT molecular complexity index is 867. The topological polar surface area (TPSA) is 46.2 Å². The average molecular weight is 309 g/mol. The molecule has 0 saturated heterocycles. The second-order valence-electron chi connectivity index (χ2n) is 5.68. The number of rotatable bonds is 1. The first-order valence-corrected chi connectivity index (χ1v) is 8.77. The molecule has 0 saturated carbocycles. The summed E-state index contributed by atoms with van der Waals surface area (Å²) in [6.07, 6.45) is 2.88. The van der Waals surface area contributed by atoms with Gasteiger partial charge in [0.15, 0.2) is 0 Å². The van der Waals surface area contributed by atoms with Crippen LogP contribution < -0.4 is 5.32 Å². The lowest BCUT2D eigenvalue weighted by molar-refractivity contribution is -0.115. The molecule has 0 radical (unpaired) electrons. The maximum Gasteiger partial charge on any atom is 0.228 e. The monoisotopic (exact) mass is 309 g/mol. The van der Waals surface area contributed by atoms with Crippen molar-refractivity contribution in [1.82, 2.24) is 0 Å². The van der Waals surface area contributed by atoms with Crippen molar-refractivity contribution in [2.45, 2.75) is 17.7 Å². The van der Waals surface area contributed by atoms with E-state index in [1.165, 1.54) is 11.1 Å². The van der Waals surface area contributed by atoms with E-state index < -0.39 is 10.8 Å². The summed E-state index contributed by atoms with van der Waals surface area (Å²) in [5.41, 5.74) is 6.55. The number of benzene rings is 2. The molecular formula is C18H15NO2S. The predicted octanol–water partition coefficient (Wildman–Crippen LogP) is 3.23. The van der Waals surface area contributed by atoms with E-state index in [4.69, 9.17) is 0 Å². The minimum absolute atomic E-state index is 0.00771. The fraction of sp³-hybridized carbons (Fsp3) is 0.167. The van der Waals surface area contributed by atoms with Crippen LogP contribution in [0.3, 0.4) is 0 Å². The van der Waals surface area contributed by atoms with Gasteiger partial charge in [0.05, 0.1) is 6.42 Å². The molecule has 1 aliphatic heterocycles. The Morgan fingerprint density at radius 1 is 1.00 bits per heavy atom. The van der Waals surface area contributed by atoms with Crippen molar-refractivity contribution < 1.29 is 9.00 Å². The molecule has 1 unspecified atom stereocenters. The normalized spacial score (nSPS) is 17.2. The largest absolute Gasteiger partial charge is 0.325 e. The van der Waals surface area contributed by atoms with Crippen molar-refractivity contribution >= 4 is 33.5 Å². The Morgan fingerprint density at radius 2 is 1.77 bits per heavy atom. The molecule has 110 valence electrons. The quantitative estimate of drug-likeness (QED) is 0.879. The number of amides is 1. The molecule has 2 aliphatic rings. The highest BCUT2D eigenvalue weighted by atomic mass is 32.2. The van der Waals surface area contributed by atoms with Crippen LogP contribution in [0.25, 0.3) is 11.1 Å². The zero-order valence-electron chi connectivity index (χ0n) is 12.2. The van der Waals surface area contributed by atoms with Crippen LogP contribution >= 0.6 is 0 Å². The van der Waals surface area contributed by atoms with Crippen molar-refractivity contribution in [3.63, 3.8) is 0 Å². The summed E-state index contributed by atoms with van der Waals surface area (Å²) in [6.45, 7) is 0. The third kappa shape index (κ3) is 2.03. The Morgan fingerprint density at radius 3 is 2.59 bits per heavy atom. The van der Waals surface area contributed by atoms with Crippen LogP contribution in [0.15, 0.2) is 47.4 Å². The van der Waals surface area contributed by atoms with E-state index in [0.717, 1.165) is 33.7 Å². The van der Waals surface area contributed by atoms with Crippen LogP contribution in [-0.4, -0.2) is 16.4 Å². The number of carbonyl (C=O) groups is 1. The van der Waals surface area contributed by atoms with Crippen LogP contribution in [0.5, 0.6) is 0 Å². The summed E-state index contributed by atoms with van der Waals surface area (Å²) in [7, 11) is -1.01. The fourth-order valence-corrected chi connectivity index (χ4v) is 3.84. The first-order chi connectivity index (χ1) is 10.6. The summed E-state index contributed by atoms with van der Waals surface area (Å²) in [5.74, 6) is 0.00771. The van der Waals surface area contributed by atoms with E-state index in [0.29, 0.717) is 6.42 Å². The Balaban J connectivity index is 1.93. The summed E-state index contributed by atoms with van der Waals surface area (Å²) in [4.78, 5) is 13.0. The van der Waals surface area contributed by atoms with E-state index in [2.05, 4.69) is 11.4 Å². The van der Waals surface area contributed by atoms with Gasteiger partial charge in [-0.2, -0.15) is 0 Å². The average Bonchev–Trinajstić information content (AvgIpc) is 2.78. The first kappa shape index (κ1) is 13.5. The molecule has 0 fully saturated rings. The highest BCUT2D eigenvalue weighted by Crippen LogP contribution is 2.44. The second-order valence-corrected chi connectivity index (χ2v) is 7.06. The summed E-state index contributed by atoms with van der Waals surface area (Å²) < 4.78 is 11.8. The van der Waals surface area contributed by atoms with Gasteiger partial charge in [0.25, 0.3) is 0 Å². The lowest BCUT2D eigenvalue weighted by atomic mass is 9.98. The molecule has 0 spiro atoms. The fourth-order valence-electron chi connectivity index (χ4n) is 3.30. The molecule has 2 aromatic carbocycles. The Hall–Kier alpha value is -2.20. The number of allylic oxidation sites excluding steroid dienone is 1. The minimum atomic E-state index is -1.01. The van der Waals surface area contributed by atoms with Gasteiger partial charge in [0.1, 0.15) is 0 Å². The summed E-state index contributed by atoms with van der Waals surface area (Å²) in [5, 5.41) is 2.98. The van der Waals surface area contributed by atoms with Crippen molar-refractivity contribution in [1.29, 1.82) is 0 Å². The molecule has 2 aromatic rings. The van der Waals surface area contributed by atoms with Crippen LogP contribution in [0.1, 0.15) is 23.1 Å². The van der Waals surface area contributed by atoms with Gasteiger partial charge in [-0.15, -0.1) is 0 Å². The van der Waals surface area contributed by atoms with Gasteiger partial charge in [-0.05, 0) is 46.9 Å². The number of para-hydroxylation sites is 1. The second kappa shape index (κ2) is 4.92. The van der Waals surface area contributed by atoms with Gasteiger partial charge in [0.2, 0.25) is 5.91 Å². The zero-order chi connectivity index (χ0) is 15.3. The standard InChI is InChI=1S/C18H15NO2S/c1-22(21)12-7-6-11-8-15-13-4-2-3-5-17(13)19-18(20)10-16(15)14(11)9-12/h2-7,9H,8,10H2,1H3,(H,19,20). The molecule has 22 heavy (non-hydrogen) atoms. The number of anilines is 1. The Labute approximate surface area is 131 Å². The molecule has 1 amide bonds. The molecule has 1 heterocycles. The van der Waals surface area contributed by atoms with E-state index in [1.54, 1.807) is 6.26 Å². The van der Waals surface area contributed by atoms with Gasteiger partial charge >= 0.3 is 0 Å². The van der Waals surface area contributed by atoms with Gasteiger partial charge in [-0.3, -0.25) is 9.00 Å². The van der Waals surface area contributed by atoms with E-state index in [9.17, 15) is 9.00 Å². The molecule has 1 N–H and O–H groups in total. The van der Waals surface area contributed by atoms with Crippen molar-refractivity contribution in [3.05, 3.63) is 59.2 Å². The molecule has 1 atom stereocenters. The molecule has 0 aromatic heterocycles. The molecule has 1 aliphatic carbocycles. The third-order valence-electron chi connectivity index (χ3n) is 4.33. The first-order valence-electron chi connectivity index (χ1n) is 7.21. The van der Waals surface area contributed by atoms with Crippen molar-refractivity contribution in [3.8, 4) is 0 Å². The van der Waals surface area contributed by atoms with E-state index in [1.807, 2.05) is 36.4 Å². The summed E-state index contributed by atoms with van der Waals surface area (Å²) in [6, 6.07) is 13.9. The zero-order valence-corrected chi connectivity index (χ0v) is 13.0. The highest BCUT2D eigenvalue weighted by molar-refractivity contribution is 7.84. The smallest absolute Gasteiger partial charge is 0.228 e. The van der Waals surface area contributed by atoms with Crippen molar-refractivity contribution in [2.75, 3.05) is 11.6 Å². The van der Waals surface area contributed by atoms with Crippen LogP contribution in [0.4, 0.5) is 5.69 Å². The van der Waals surface area contributed by atoms with Crippen molar-refractivity contribution in [2.24, 2.45) is 0 Å². The minimum Gasteiger partial charge on any atom is -0.325 e. The molecule has 3 nitrogen and oxygen atoms in total. The molecule has 4 heteroatoms. The van der Waals surface area contributed by atoms with E-state index >= 15 is 0 Å². The maximum atomic E-state index is 12.2. The number of fused-ring (bicyclic) bond motifs is 4. The predicted molar refractivity (Wildman–Crippen MR) is 89.0 cm³/mol. The van der Waals surface area contributed by atoms with Crippen LogP contribution in [0.2, 0.25) is 0 Å². The number of carbonyl (C=O) groups excluding carboxylic acids is 1. The lowest BCUT2D eigenvalue weighted by Crippen LogP contribution is -2.10. The molecule has 0 bridgehead atoms. The Kier molecular flexibility index (Phi) is 3.01. The van der Waals surface area contributed by atoms with Gasteiger partial charge in [-0.1, -0.05) is 24.3 Å². The number of hydrogen-bond donors (Lipinski definition) is 1. The molecular weight excluding hydrogens is 294 g/mol. The number of nitrogens with one attached hydrogen (secondary N) is 1. The lowest BCUT2D eigenvalue weighted by Gasteiger charge is -2.09. The molecule has 4 rings (SSSR count). The van der Waals surface area contributed by atoms with E-state index in [-0.39, 0.29) is 5.91 Å². The number of hydrogen-bond acceptors (Lipinski definition) is 2. The van der Waals surface area contributed by atoms with Gasteiger partial charge < -0.3 is 5.32 Å². The van der Waals surface area contributed by atoms with Gasteiger partial charge in [0, 0.05) is 33.2 Å². The maximum absolute atomic E-state index is 12.2. The third-order valence-corrected chi connectivity index (χ3v) is 5.25. The SMILES string of the molecule is CS(=O)c1ccc2c(c1)C1=C(C2)c2ccccc2NC(=O)C1. The van der Waals surface area contributed by atoms with Crippen LogP contribution in [0, 0.1) is 0 Å². The highest BCUT2D eigenvalue weighted by Gasteiger charge is 2.28. The van der Waals surface area contributed by atoms with Crippen LogP contribution in [-0.2, 0) is 22.0 Å². The summed E-state index contributed by atoms with van der Waals surface area (Å²) >= 11 is 0.